The molecule has 8 heteroatoms. The molecule has 2 aliphatic heterocycles. The Hall–Kier alpha value is -5.11. The standard InChI is InChI=1S/C35H33N3O5/c1-43-32-19-23(11-13-29(32)36-35(42)38-18-15-25-9-5-6-10-30(25)38)20-33(39)37-17-16-27-21-26(12-14-31(27)37)28(22-34(40)41)24-7-3-2-4-8-24/h2-14,19,21,28H,15-18,20,22H2,1H3,(H,36,42)(H,40,41). The average molecular weight is 576 g/mol. The number of carboxylic acid groups (broad SMARTS) is 1. The normalized spacial score (nSPS) is 14.2. The topological polar surface area (TPSA) is 99.2 Å². The first-order valence-electron chi connectivity index (χ1n) is 14.4. The molecule has 2 heterocycles. The lowest BCUT2D eigenvalue weighted by Crippen LogP contribution is -2.33. The van der Waals surface area contributed by atoms with Gasteiger partial charge in [0.2, 0.25) is 5.91 Å². The zero-order chi connectivity index (χ0) is 29.9. The molecule has 218 valence electrons. The zero-order valence-corrected chi connectivity index (χ0v) is 24.0. The number of ether oxygens (including phenoxy) is 1. The number of hydrogen-bond acceptors (Lipinski definition) is 4. The lowest BCUT2D eigenvalue weighted by Gasteiger charge is -2.21. The van der Waals surface area contributed by atoms with Gasteiger partial charge in [0.15, 0.2) is 0 Å². The van der Waals surface area contributed by atoms with Gasteiger partial charge in [0.05, 0.1) is 25.6 Å². The average Bonchev–Trinajstić information content (AvgIpc) is 3.65. The maximum Gasteiger partial charge on any atom is 0.326 e. The number of aliphatic carboxylic acids is 1. The molecule has 0 saturated heterocycles. The van der Waals surface area contributed by atoms with Crippen molar-refractivity contribution in [2.75, 3.05) is 35.3 Å². The number of methoxy groups -OCH3 is 1. The Morgan fingerprint density at radius 3 is 2.33 bits per heavy atom. The van der Waals surface area contributed by atoms with E-state index in [1.165, 1.54) is 0 Å². The van der Waals surface area contributed by atoms with Gasteiger partial charge in [0, 0.05) is 30.4 Å². The monoisotopic (exact) mass is 575 g/mol. The van der Waals surface area contributed by atoms with Crippen molar-refractivity contribution in [1.29, 1.82) is 0 Å². The predicted molar refractivity (Wildman–Crippen MR) is 166 cm³/mol. The maximum atomic E-state index is 13.4. The van der Waals surface area contributed by atoms with E-state index in [1.807, 2.05) is 78.9 Å². The van der Waals surface area contributed by atoms with E-state index in [0.29, 0.717) is 30.9 Å². The third kappa shape index (κ3) is 5.81. The van der Waals surface area contributed by atoms with Gasteiger partial charge in [-0.25, -0.2) is 4.79 Å². The number of rotatable bonds is 8. The van der Waals surface area contributed by atoms with Crippen molar-refractivity contribution in [3.63, 3.8) is 0 Å². The van der Waals surface area contributed by atoms with Gasteiger partial charge >= 0.3 is 12.0 Å². The third-order valence-corrected chi connectivity index (χ3v) is 8.28. The second-order valence-corrected chi connectivity index (χ2v) is 10.9. The summed E-state index contributed by atoms with van der Waals surface area (Å²) in [5, 5.41) is 12.5. The number of fused-ring (bicyclic) bond motifs is 2. The Balaban J connectivity index is 1.15. The number of carboxylic acids is 1. The fourth-order valence-electron chi connectivity index (χ4n) is 6.14. The van der Waals surface area contributed by atoms with Gasteiger partial charge in [-0.3, -0.25) is 14.5 Å². The number of urea groups is 1. The SMILES string of the molecule is COc1cc(CC(=O)N2CCc3cc(C(CC(=O)O)c4ccccc4)ccc32)ccc1NC(=O)N1CCc2ccccc21. The summed E-state index contributed by atoms with van der Waals surface area (Å²) in [6, 6.07) is 28.6. The second-order valence-electron chi connectivity index (χ2n) is 10.9. The largest absolute Gasteiger partial charge is 0.495 e. The summed E-state index contributed by atoms with van der Waals surface area (Å²) in [4.78, 5) is 41.7. The van der Waals surface area contributed by atoms with Gasteiger partial charge < -0.3 is 20.1 Å². The first-order valence-corrected chi connectivity index (χ1v) is 14.4. The number of anilines is 3. The number of hydrogen-bond donors (Lipinski definition) is 2. The molecule has 6 rings (SSSR count). The highest BCUT2D eigenvalue weighted by molar-refractivity contribution is 6.04. The quantitative estimate of drug-likeness (QED) is 0.267. The minimum absolute atomic E-state index is 0.00491. The van der Waals surface area contributed by atoms with Gasteiger partial charge in [0.1, 0.15) is 5.75 Å². The van der Waals surface area contributed by atoms with Crippen LogP contribution in [0.25, 0.3) is 0 Å². The van der Waals surface area contributed by atoms with Gasteiger partial charge in [0.25, 0.3) is 0 Å². The number of para-hydroxylation sites is 1. The van der Waals surface area contributed by atoms with Crippen molar-refractivity contribution in [3.8, 4) is 5.75 Å². The Morgan fingerprint density at radius 1 is 0.814 bits per heavy atom. The summed E-state index contributed by atoms with van der Waals surface area (Å²) in [5.41, 5.74) is 7.17. The Labute approximate surface area is 250 Å². The van der Waals surface area contributed by atoms with Crippen LogP contribution in [0.3, 0.4) is 0 Å². The van der Waals surface area contributed by atoms with E-state index in [2.05, 4.69) is 5.32 Å². The lowest BCUT2D eigenvalue weighted by molar-refractivity contribution is -0.137. The van der Waals surface area contributed by atoms with E-state index in [0.717, 1.165) is 45.6 Å². The molecule has 0 spiro atoms. The van der Waals surface area contributed by atoms with Crippen molar-refractivity contribution in [3.05, 3.63) is 119 Å². The molecule has 1 atom stereocenters. The van der Waals surface area contributed by atoms with Crippen molar-refractivity contribution in [1.82, 2.24) is 0 Å². The Kier molecular flexibility index (Phi) is 7.83. The van der Waals surface area contributed by atoms with E-state index in [4.69, 9.17) is 4.74 Å². The van der Waals surface area contributed by atoms with Crippen molar-refractivity contribution < 1.29 is 24.2 Å². The number of amides is 3. The number of nitrogens with one attached hydrogen (secondary N) is 1. The van der Waals surface area contributed by atoms with Crippen LogP contribution in [0.15, 0.2) is 91.0 Å². The van der Waals surface area contributed by atoms with Crippen LogP contribution in [-0.2, 0) is 28.9 Å². The lowest BCUT2D eigenvalue weighted by atomic mass is 9.87. The van der Waals surface area contributed by atoms with E-state index in [1.54, 1.807) is 29.0 Å². The molecule has 0 fully saturated rings. The van der Waals surface area contributed by atoms with Gasteiger partial charge in [-0.2, -0.15) is 0 Å². The molecule has 2 N–H and O–H groups in total. The fourth-order valence-corrected chi connectivity index (χ4v) is 6.14. The summed E-state index contributed by atoms with van der Waals surface area (Å²) < 4.78 is 5.58. The first kappa shape index (κ1) is 28.0. The van der Waals surface area contributed by atoms with E-state index in [9.17, 15) is 19.5 Å². The zero-order valence-electron chi connectivity index (χ0n) is 24.0. The molecule has 4 aromatic rings. The van der Waals surface area contributed by atoms with Crippen LogP contribution in [0.4, 0.5) is 21.9 Å². The highest BCUT2D eigenvalue weighted by Crippen LogP contribution is 2.36. The summed E-state index contributed by atoms with van der Waals surface area (Å²) >= 11 is 0. The summed E-state index contributed by atoms with van der Waals surface area (Å²) in [7, 11) is 1.54. The maximum absolute atomic E-state index is 13.4. The van der Waals surface area contributed by atoms with E-state index < -0.39 is 5.97 Å². The van der Waals surface area contributed by atoms with Crippen LogP contribution in [0.1, 0.15) is 40.2 Å². The molecule has 0 aromatic heterocycles. The highest BCUT2D eigenvalue weighted by atomic mass is 16.5. The minimum Gasteiger partial charge on any atom is -0.495 e. The second kappa shape index (κ2) is 12.0. The molecule has 0 saturated carbocycles. The molecular weight excluding hydrogens is 542 g/mol. The van der Waals surface area contributed by atoms with Gasteiger partial charge in [-0.1, -0.05) is 66.7 Å². The molecule has 0 aliphatic carbocycles. The molecule has 43 heavy (non-hydrogen) atoms. The summed E-state index contributed by atoms with van der Waals surface area (Å²) in [6.45, 7) is 1.18. The molecule has 8 nitrogen and oxygen atoms in total. The van der Waals surface area contributed by atoms with Crippen molar-refractivity contribution in [2.45, 2.75) is 31.6 Å². The van der Waals surface area contributed by atoms with Gasteiger partial charge in [-0.15, -0.1) is 0 Å². The van der Waals surface area contributed by atoms with E-state index in [-0.39, 0.29) is 30.7 Å². The van der Waals surface area contributed by atoms with Crippen LogP contribution >= 0.6 is 0 Å². The molecule has 1 unspecified atom stereocenters. The van der Waals surface area contributed by atoms with Crippen LogP contribution < -0.4 is 19.9 Å². The highest BCUT2D eigenvalue weighted by Gasteiger charge is 2.28. The van der Waals surface area contributed by atoms with Crippen molar-refractivity contribution in [2.24, 2.45) is 0 Å². The summed E-state index contributed by atoms with van der Waals surface area (Å²) in [6.07, 6.45) is 1.70. The Bertz CT molecular complexity index is 1690. The number of carbonyl (C=O) groups is 3. The Morgan fingerprint density at radius 2 is 1.53 bits per heavy atom. The first-order chi connectivity index (χ1) is 20.9. The van der Waals surface area contributed by atoms with Crippen LogP contribution in [0, 0.1) is 0 Å². The molecule has 2 aliphatic rings. The fraction of sp³-hybridized carbons (Fsp3) is 0.229. The molecular formula is C35H33N3O5. The predicted octanol–water partition coefficient (Wildman–Crippen LogP) is 6.03. The third-order valence-electron chi connectivity index (χ3n) is 8.28. The van der Waals surface area contributed by atoms with E-state index >= 15 is 0 Å². The summed E-state index contributed by atoms with van der Waals surface area (Å²) in [5.74, 6) is -0.666. The molecule has 3 amide bonds. The van der Waals surface area contributed by atoms with Crippen LogP contribution in [-0.4, -0.2) is 43.2 Å². The number of nitrogens with zero attached hydrogens (tertiary/aromatic N) is 2. The van der Waals surface area contributed by atoms with Gasteiger partial charge in [-0.05, 0) is 64.9 Å². The number of benzene rings is 4. The smallest absolute Gasteiger partial charge is 0.326 e. The number of carbonyl (C=O) groups excluding carboxylic acids is 2. The van der Waals surface area contributed by atoms with Crippen LogP contribution in [0.2, 0.25) is 0 Å². The molecule has 0 radical (unpaired) electrons. The van der Waals surface area contributed by atoms with Crippen molar-refractivity contribution >= 4 is 35.0 Å². The minimum atomic E-state index is -0.853. The van der Waals surface area contributed by atoms with Crippen LogP contribution in [0.5, 0.6) is 5.75 Å². The molecule has 0 bridgehead atoms. The molecule has 4 aromatic carbocycles.